The Bertz CT molecular complexity index is 852. The normalized spacial score (nSPS) is 12.6. The molecule has 1 aliphatic heterocycles. The zero-order valence-electron chi connectivity index (χ0n) is 16.8. The maximum Gasteiger partial charge on any atom is 0.231 e. The number of carbonyl (C=O) groups is 1. The fourth-order valence-corrected chi connectivity index (χ4v) is 2.78. The average molecular weight is 397 g/mol. The first-order chi connectivity index (χ1) is 14.1. The molecule has 154 valence electrons. The van der Waals surface area contributed by atoms with Crippen molar-refractivity contribution < 1.29 is 14.3 Å². The van der Waals surface area contributed by atoms with E-state index in [1.165, 1.54) is 0 Å². The maximum atomic E-state index is 12.0. The minimum Gasteiger partial charge on any atom is -0.454 e. The zero-order chi connectivity index (χ0) is 20.5. The number of rotatable bonds is 8. The molecule has 0 saturated heterocycles. The number of hydrogen-bond acceptors (Lipinski definition) is 5. The lowest BCUT2D eigenvalue weighted by atomic mass is 10.1. The summed E-state index contributed by atoms with van der Waals surface area (Å²) in [4.78, 5) is 20.7. The van der Waals surface area contributed by atoms with Gasteiger partial charge < -0.3 is 25.4 Å². The molecule has 0 spiro atoms. The number of fused-ring (bicyclic) bond motifs is 1. The summed E-state index contributed by atoms with van der Waals surface area (Å²) in [5.74, 6) is 2.71. The number of nitrogens with one attached hydrogen (secondary N) is 3. The monoisotopic (exact) mass is 397 g/mol. The van der Waals surface area contributed by atoms with Crippen molar-refractivity contribution >= 4 is 17.7 Å². The first kappa shape index (κ1) is 20.4. The van der Waals surface area contributed by atoms with Crippen LogP contribution < -0.4 is 25.4 Å². The minimum atomic E-state index is -0.110. The molecule has 8 heteroatoms. The van der Waals surface area contributed by atoms with Gasteiger partial charge in [0.15, 0.2) is 17.5 Å². The average Bonchev–Trinajstić information content (AvgIpc) is 3.18. The second-order valence-corrected chi connectivity index (χ2v) is 6.64. The molecule has 0 aliphatic carbocycles. The van der Waals surface area contributed by atoms with Crippen molar-refractivity contribution in [2.45, 2.75) is 26.7 Å². The third-order valence-corrected chi connectivity index (χ3v) is 4.27. The molecule has 8 nitrogen and oxygen atoms in total. The van der Waals surface area contributed by atoms with E-state index in [9.17, 15) is 4.79 Å². The van der Waals surface area contributed by atoms with E-state index in [0.717, 1.165) is 35.6 Å². The Labute approximate surface area is 170 Å². The summed E-state index contributed by atoms with van der Waals surface area (Å²) < 4.78 is 10.7. The predicted molar refractivity (Wildman–Crippen MR) is 112 cm³/mol. The summed E-state index contributed by atoms with van der Waals surface area (Å²) in [5.41, 5.74) is 2.21. The number of pyridine rings is 1. The molecule has 3 rings (SSSR count). The number of anilines is 1. The van der Waals surface area contributed by atoms with E-state index in [-0.39, 0.29) is 19.1 Å². The molecule has 0 saturated carbocycles. The van der Waals surface area contributed by atoms with Gasteiger partial charge in [-0.2, -0.15) is 0 Å². The summed E-state index contributed by atoms with van der Waals surface area (Å²) in [5, 5.41) is 9.26. The van der Waals surface area contributed by atoms with Gasteiger partial charge in [-0.05, 0) is 49.6 Å². The molecule has 1 aromatic heterocycles. The van der Waals surface area contributed by atoms with Crippen molar-refractivity contribution in [1.29, 1.82) is 0 Å². The van der Waals surface area contributed by atoms with Crippen LogP contribution in [0.15, 0.2) is 41.5 Å². The van der Waals surface area contributed by atoms with Crippen LogP contribution in [0.4, 0.5) is 5.82 Å². The van der Waals surface area contributed by atoms with E-state index >= 15 is 0 Å². The number of aliphatic imine (C=N–C) groups is 1. The number of amides is 1. The molecule has 29 heavy (non-hydrogen) atoms. The van der Waals surface area contributed by atoms with Crippen molar-refractivity contribution in [2.75, 3.05) is 31.7 Å². The Morgan fingerprint density at radius 3 is 2.83 bits per heavy atom. The molecule has 2 aromatic rings. The van der Waals surface area contributed by atoms with Gasteiger partial charge in [-0.25, -0.2) is 4.98 Å². The summed E-state index contributed by atoms with van der Waals surface area (Å²) in [6.45, 7) is 6.08. The van der Waals surface area contributed by atoms with Crippen molar-refractivity contribution in [1.82, 2.24) is 15.6 Å². The van der Waals surface area contributed by atoms with Gasteiger partial charge in [-0.1, -0.05) is 12.1 Å². The van der Waals surface area contributed by atoms with Gasteiger partial charge in [-0.15, -0.1) is 0 Å². The van der Waals surface area contributed by atoms with Crippen LogP contribution in [-0.2, 0) is 11.2 Å². The molecule has 0 unspecified atom stereocenters. The highest BCUT2D eigenvalue weighted by Gasteiger charge is 2.13. The van der Waals surface area contributed by atoms with Crippen LogP contribution in [-0.4, -0.2) is 43.3 Å². The number of guanidine groups is 1. The number of aryl methyl sites for hydroxylation is 1. The summed E-state index contributed by atoms with van der Waals surface area (Å²) in [7, 11) is 0. The molecular formula is C21H27N5O3. The SMILES string of the molecule is CCNC(=NCCC(=O)Nc1ccc(C)cn1)NCCc1ccc2c(c1)OCO2. The van der Waals surface area contributed by atoms with E-state index in [0.29, 0.717) is 24.9 Å². The Kier molecular flexibility index (Phi) is 7.27. The van der Waals surface area contributed by atoms with E-state index in [2.05, 4.69) is 25.9 Å². The van der Waals surface area contributed by atoms with Crippen LogP contribution in [0.3, 0.4) is 0 Å². The van der Waals surface area contributed by atoms with E-state index < -0.39 is 0 Å². The molecule has 0 fully saturated rings. The topological polar surface area (TPSA) is 96.9 Å². The van der Waals surface area contributed by atoms with E-state index in [4.69, 9.17) is 9.47 Å². The van der Waals surface area contributed by atoms with Gasteiger partial charge in [0.25, 0.3) is 0 Å². The lowest BCUT2D eigenvalue weighted by Crippen LogP contribution is -2.38. The smallest absolute Gasteiger partial charge is 0.231 e. The molecule has 1 aromatic carbocycles. The Morgan fingerprint density at radius 2 is 2.03 bits per heavy atom. The Morgan fingerprint density at radius 1 is 1.17 bits per heavy atom. The fraction of sp³-hybridized carbons (Fsp3) is 0.381. The van der Waals surface area contributed by atoms with Gasteiger partial charge in [0.05, 0.1) is 6.54 Å². The number of ether oxygens (including phenoxy) is 2. The summed E-state index contributed by atoms with van der Waals surface area (Å²) in [6.07, 6.45) is 2.83. The Balaban J connectivity index is 1.42. The molecule has 0 atom stereocenters. The maximum absolute atomic E-state index is 12.0. The van der Waals surface area contributed by atoms with Crippen LogP contribution >= 0.6 is 0 Å². The first-order valence-electron chi connectivity index (χ1n) is 9.77. The van der Waals surface area contributed by atoms with Crippen LogP contribution in [0.2, 0.25) is 0 Å². The second-order valence-electron chi connectivity index (χ2n) is 6.64. The molecule has 1 amide bonds. The predicted octanol–water partition coefficient (Wildman–Crippen LogP) is 2.25. The molecule has 0 bridgehead atoms. The van der Waals surface area contributed by atoms with Gasteiger partial charge in [0.2, 0.25) is 12.7 Å². The van der Waals surface area contributed by atoms with Gasteiger partial charge in [0.1, 0.15) is 5.82 Å². The van der Waals surface area contributed by atoms with Crippen LogP contribution in [0, 0.1) is 6.92 Å². The first-order valence-corrected chi connectivity index (χ1v) is 9.77. The number of nitrogens with zero attached hydrogens (tertiary/aromatic N) is 2. The summed E-state index contributed by atoms with van der Waals surface area (Å²) >= 11 is 0. The second kappa shape index (κ2) is 10.3. The van der Waals surface area contributed by atoms with Crippen LogP contribution in [0.25, 0.3) is 0 Å². The van der Waals surface area contributed by atoms with E-state index in [1.807, 2.05) is 38.1 Å². The standard InChI is InChI=1S/C21H27N5O3/c1-3-22-21(23-10-8-16-5-6-17-18(12-16)29-14-28-17)24-11-9-20(27)26-19-7-4-15(2)13-25-19/h4-7,12-13H,3,8-11,14H2,1-2H3,(H2,22,23,24)(H,25,26,27). The largest absolute Gasteiger partial charge is 0.454 e. The van der Waals surface area contributed by atoms with Gasteiger partial charge in [-0.3, -0.25) is 9.79 Å². The molecule has 0 radical (unpaired) electrons. The third-order valence-electron chi connectivity index (χ3n) is 4.27. The number of aromatic nitrogens is 1. The zero-order valence-corrected chi connectivity index (χ0v) is 16.8. The van der Waals surface area contributed by atoms with E-state index in [1.54, 1.807) is 12.3 Å². The van der Waals surface area contributed by atoms with Crippen LogP contribution in [0.5, 0.6) is 11.5 Å². The van der Waals surface area contributed by atoms with Gasteiger partial charge >= 0.3 is 0 Å². The highest BCUT2D eigenvalue weighted by molar-refractivity contribution is 5.90. The molecule has 3 N–H and O–H groups in total. The lowest BCUT2D eigenvalue weighted by Gasteiger charge is -2.11. The number of carbonyl (C=O) groups excluding carboxylic acids is 1. The molecule has 1 aliphatic rings. The van der Waals surface area contributed by atoms with Crippen LogP contribution in [0.1, 0.15) is 24.5 Å². The lowest BCUT2D eigenvalue weighted by molar-refractivity contribution is -0.116. The highest BCUT2D eigenvalue weighted by atomic mass is 16.7. The van der Waals surface area contributed by atoms with Crippen molar-refractivity contribution in [3.05, 3.63) is 47.7 Å². The molecular weight excluding hydrogens is 370 g/mol. The quantitative estimate of drug-likeness (QED) is 0.467. The third kappa shape index (κ3) is 6.38. The van der Waals surface area contributed by atoms with Crippen molar-refractivity contribution in [3.8, 4) is 11.5 Å². The summed E-state index contributed by atoms with van der Waals surface area (Å²) in [6, 6.07) is 9.66. The number of hydrogen-bond donors (Lipinski definition) is 3. The minimum absolute atomic E-state index is 0.110. The Hall–Kier alpha value is -3.29. The number of benzene rings is 1. The van der Waals surface area contributed by atoms with Gasteiger partial charge in [0, 0.05) is 25.7 Å². The van der Waals surface area contributed by atoms with Crippen molar-refractivity contribution in [2.24, 2.45) is 4.99 Å². The molecule has 2 heterocycles. The fourth-order valence-electron chi connectivity index (χ4n) is 2.78. The highest BCUT2D eigenvalue weighted by Crippen LogP contribution is 2.32. The van der Waals surface area contributed by atoms with Crippen molar-refractivity contribution in [3.63, 3.8) is 0 Å².